The summed E-state index contributed by atoms with van der Waals surface area (Å²) in [5.74, 6) is -7.31. The van der Waals surface area contributed by atoms with Gasteiger partial charge >= 0.3 is 42.2 Å². The molecule has 0 bridgehead atoms. The van der Waals surface area contributed by atoms with E-state index in [2.05, 4.69) is 9.47 Å². The molecule has 5 atom stereocenters. The molecule has 1 aliphatic rings. The zero-order valence-electron chi connectivity index (χ0n) is 21.2. The van der Waals surface area contributed by atoms with Crippen LogP contribution >= 0.6 is 0 Å². The van der Waals surface area contributed by atoms with Gasteiger partial charge in [0.1, 0.15) is 18.8 Å². The Labute approximate surface area is 221 Å². The van der Waals surface area contributed by atoms with E-state index in [0.29, 0.717) is 0 Å². The van der Waals surface area contributed by atoms with Gasteiger partial charge in [-0.2, -0.15) is 26.3 Å². The van der Waals surface area contributed by atoms with Gasteiger partial charge in [0.25, 0.3) is 5.95 Å². The predicted octanol–water partition coefficient (Wildman–Crippen LogP) is 1.61. The minimum atomic E-state index is -5.04. The molecule has 0 amide bonds. The lowest BCUT2D eigenvalue weighted by atomic mass is 9.98. The molecule has 0 N–H and O–H groups in total. The van der Waals surface area contributed by atoms with Gasteiger partial charge in [0.05, 0.1) is 0 Å². The van der Waals surface area contributed by atoms with Crippen LogP contribution in [0.15, 0.2) is 12.0 Å². The molecule has 228 valence electrons. The van der Waals surface area contributed by atoms with Gasteiger partial charge in [-0.05, 0) is 0 Å². The van der Waals surface area contributed by atoms with Crippen LogP contribution in [-0.2, 0) is 61.9 Å². The Morgan fingerprint density at radius 3 is 1.60 bits per heavy atom. The van der Waals surface area contributed by atoms with E-state index in [1.807, 2.05) is 0 Å². The molecule has 0 radical (unpaired) electrons. The molecule has 1 heterocycles. The highest BCUT2D eigenvalue weighted by Crippen LogP contribution is 2.31. The summed E-state index contributed by atoms with van der Waals surface area (Å²) in [5.41, 5.74) is 0. The molecule has 0 unspecified atom stereocenters. The average molecular weight is 598 g/mol. The van der Waals surface area contributed by atoms with Crippen molar-refractivity contribution in [3.63, 3.8) is 0 Å². The van der Waals surface area contributed by atoms with Crippen molar-refractivity contribution in [2.24, 2.45) is 0 Å². The van der Waals surface area contributed by atoms with Crippen LogP contribution in [0.1, 0.15) is 27.7 Å². The first-order valence-corrected chi connectivity index (χ1v) is 10.9. The maximum absolute atomic E-state index is 12.8. The van der Waals surface area contributed by atoms with Gasteiger partial charge in [-0.1, -0.05) is 0 Å². The molecule has 1 aliphatic heterocycles. The Kier molecular flexibility index (Phi) is 12.5. The first-order valence-electron chi connectivity index (χ1n) is 10.9. The molecule has 13 nitrogen and oxygen atoms in total. The van der Waals surface area contributed by atoms with Crippen molar-refractivity contribution in [3.8, 4) is 0 Å². The van der Waals surface area contributed by atoms with Gasteiger partial charge in [0.2, 0.25) is 12.4 Å². The van der Waals surface area contributed by atoms with Crippen molar-refractivity contribution in [3.05, 3.63) is 12.0 Å². The minimum Gasteiger partial charge on any atom is -0.463 e. The normalized spacial score (nSPS) is 23.4. The van der Waals surface area contributed by atoms with Crippen LogP contribution in [0.4, 0.5) is 26.3 Å². The summed E-state index contributed by atoms with van der Waals surface area (Å²) < 4.78 is 114. The Morgan fingerprint density at radius 1 is 0.650 bits per heavy atom. The highest BCUT2D eigenvalue weighted by atomic mass is 19.4. The van der Waals surface area contributed by atoms with Gasteiger partial charge in [0.15, 0.2) is 25.4 Å². The molecular formula is C21H24F6O13. The fraction of sp³-hybridized carbons (Fsp3) is 0.667. The molecule has 40 heavy (non-hydrogen) atoms. The Bertz CT molecular complexity index is 962. The maximum Gasteiger partial charge on any atom is 0.422 e. The number of ether oxygens (including phenoxy) is 8. The minimum absolute atomic E-state index is 0.0360. The van der Waals surface area contributed by atoms with Crippen LogP contribution < -0.4 is 0 Å². The predicted molar refractivity (Wildman–Crippen MR) is 110 cm³/mol. The summed E-state index contributed by atoms with van der Waals surface area (Å²) in [6.07, 6.45) is -19.3. The van der Waals surface area contributed by atoms with Crippen molar-refractivity contribution in [1.82, 2.24) is 0 Å². The average Bonchev–Trinajstić information content (AvgIpc) is 2.76. The third-order valence-corrected chi connectivity index (χ3v) is 4.17. The topological polar surface area (TPSA) is 159 Å². The molecule has 19 heteroatoms. The SMILES string of the molecule is CC(=O)OC[C@H]1O[C@@H](O/C(=C\C(=O)OCC(F)(F)F)OCC(F)(F)F)[C@@H](OC(C)=O)[C@@H](OC(C)=O)[C@@H]1OC(C)=O. The summed E-state index contributed by atoms with van der Waals surface area (Å²) in [5, 5.41) is 0. The third-order valence-electron chi connectivity index (χ3n) is 4.17. The smallest absolute Gasteiger partial charge is 0.422 e. The summed E-state index contributed by atoms with van der Waals surface area (Å²) in [6.45, 7) is -1.36. The van der Waals surface area contributed by atoms with E-state index >= 15 is 0 Å². The van der Waals surface area contributed by atoms with Crippen LogP contribution in [0.2, 0.25) is 0 Å². The molecule has 1 fully saturated rings. The van der Waals surface area contributed by atoms with Crippen LogP contribution in [0.3, 0.4) is 0 Å². The van der Waals surface area contributed by atoms with Gasteiger partial charge in [-0.3, -0.25) is 19.2 Å². The first-order chi connectivity index (χ1) is 18.3. The summed E-state index contributed by atoms with van der Waals surface area (Å²) in [4.78, 5) is 58.4. The zero-order valence-corrected chi connectivity index (χ0v) is 21.2. The molecule has 0 aromatic heterocycles. The molecule has 0 aromatic rings. The summed E-state index contributed by atoms with van der Waals surface area (Å²) in [7, 11) is 0. The van der Waals surface area contributed by atoms with Gasteiger partial charge in [-0.25, -0.2) is 4.79 Å². The monoisotopic (exact) mass is 598 g/mol. The second kappa shape index (κ2) is 14.6. The Hall–Kier alpha value is -3.77. The zero-order chi connectivity index (χ0) is 30.8. The van der Waals surface area contributed by atoms with Crippen molar-refractivity contribution in [2.45, 2.75) is 70.8 Å². The van der Waals surface area contributed by atoms with Gasteiger partial charge < -0.3 is 37.9 Å². The van der Waals surface area contributed by atoms with Crippen molar-refractivity contribution < 1.29 is 88.2 Å². The molecule has 1 rings (SSSR count). The van der Waals surface area contributed by atoms with Crippen molar-refractivity contribution >= 4 is 29.8 Å². The van der Waals surface area contributed by atoms with Gasteiger partial charge in [0, 0.05) is 27.7 Å². The van der Waals surface area contributed by atoms with Crippen LogP contribution in [0.25, 0.3) is 0 Å². The molecule has 0 saturated carbocycles. The quantitative estimate of drug-likeness (QED) is 0.111. The number of esters is 5. The number of rotatable bonds is 11. The van der Waals surface area contributed by atoms with Crippen LogP contribution in [0, 0.1) is 0 Å². The fourth-order valence-corrected chi connectivity index (χ4v) is 2.95. The first kappa shape index (κ1) is 34.3. The van der Waals surface area contributed by atoms with E-state index in [1.165, 1.54) is 0 Å². The van der Waals surface area contributed by atoms with E-state index < -0.39 is 98.7 Å². The van der Waals surface area contributed by atoms with E-state index in [1.54, 1.807) is 0 Å². The number of alkyl halides is 6. The summed E-state index contributed by atoms with van der Waals surface area (Å²) in [6, 6.07) is 0. The Morgan fingerprint density at radius 2 is 1.12 bits per heavy atom. The third kappa shape index (κ3) is 13.3. The lowest BCUT2D eigenvalue weighted by Crippen LogP contribution is -2.62. The molecule has 0 aliphatic carbocycles. The second-order valence-electron chi connectivity index (χ2n) is 7.78. The number of hydrogen-bond donors (Lipinski definition) is 0. The standard InChI is InChI=1S/C21H24F6O13/c1-9(28)33-6-13-16(36-10(2)29)17(37-11(3)30)18(38-12(4)31)19(39-13)40-15(35-8-21(25,26)27)5-14(32)34-7-20(22,23)24/h5,13,16-19H,6-8H2,1-4H3/b15-5-/t13-,16-,17+,18+,19+/m1/s1. The second-order valence-corrected chi connectivity index (χ2v) is 7.78. The van der Waals surface area contributed by atoms with Crippen LogP contribution in [0.5, 0.6) is 0 Å². The highest BCUT2D eigenvalue weighted by molar-refractivity contribution is 5.82. The number of hydrogen-bond acceptors (Lipinski definition) is 13. The Balaban J connectivity index is 3.51. The van der Waals surface area contributed by atoms with E-state index in [-0.39, 0.29) is 6.08 Å². The number of carbonyl (C=O) groups excluding carboxylic acids is 5. The lowest BCUT2D eigenvalue weighted by molar-refractivity contribution is -0.309. The number of halogens is 6. The van der Waals surface area contributed by atoms with E-state index in [9.17, 15) is 50.3 Å². The molecule has 1 saturated heterocycles. The lowest BCUT2D eigenvalue weighted by Gasteiger charge is -2.43. The molecular weight excluding hydrogens is 574 g/mol. The highest BCUT2D eigenvalue weighted by Gasteiger charge is 2.53. The largest absolute Gasteiger partial charge is 0.463 e. The fourth-order valence-electron chi connectivity index (χ4n) is 2.95. The van der Waals surface area contributed by atoms with Gasteiger partial charge in [-0.15, -0.1) is 0 Å². The summed E-state index contributed by atoms with van der Waals surface area (Å²) >= 11 is 0. The van der Waals surface area contributed by atoms with Crippen molar-refractivity contribution in [2.75, 3.05) is 19.8 Å². The van der Waals surface area contributed by atoms with Crippen LogP contribution in [-0.4, -0.2) is 92.7 Å². The number of carbonyl (C=O) groups is 5. The maximum atomic E-state index is 12.8. The molecule has 0 spiro atoms. The molecule has 0 aromatic carbocycles. The van der Waals surface area contributed by atoms with Crippen molar-refractivity contribution in [1.29, 1.82) is 0 Å². The van der Waals surface area contributed by atoms with E-state index in [4.69, 9.17) is 28.4 Å². The van der Waals surface area contributed by atoms with E-state index in [0.717, 1.165) is 27.7 Å².